The van der Waals surface area contributed by atoms with Gasteiger partial charge in [0, 0.05) is 18.0 Å². The molecule has 3 heteroatoms. The molecule has 1 aromatic heterocycles. The van der Waals surface area contributed by atoms with Crippen LogP contribution < -0.4 is 5.32 Å². The lowest BCUT2D eigenvalue weighted by molar-refractivity contribution is 0.569. The standard InChI is InChI=1S/C12H14N2S/c1-10(11-5-3-2-4-6-11)13-7-12-8-15-9-14-12/h2-6,8-10,13H,7H2,1H3. The number of aromatic nitrogens is 1. The van der Waals surface area contributed by atoms with Gasteiger partial charge in [0.25, 0.3) is 0 Å². The van der Waals surface area contributed by atoms with Gasteiger partial charge in [-0.3, -0.25) is 0 Å². The lowest BCUT2D eigenvalue weighted by atomic mass is 10.1. The van der Waals surface area contributed by atoms with Gasteiger partial charge in [-0.1, -0.05) is 30.3 Å². The highest BCUT2D eigenvalue weighted by Gasteiger charge is 2.03. The second-order valence-corrected chi connectivity index (χ2v) is 4.21. The molecule has 1 heterocycles. The summed E-state index contributed by atoms with van der Waals surface area (Å²) in [7, 11) is 0. The molecule has 0 radical (unpaired) electrons. The Morgan fingerprint density at radius 1 is 1.33 bits per heavy atom. The van der Waals surface area contributed by atoms with Crippen LogP contribution in [0.15, 0.2) is 41.2 Å². The Labute approximate surface area is 94.0 Å². The average Bonchev–Trinajstić information content (AvgIpc) is 2.80. The van der Waals surface area contributed by atoms with E-state index >= 15 is 0 Å². The van der Waals surface area contributed by atoms with Crippen molar-refractivity contribution >= 4 is 11.3 Å². The second kappa shape index (κ2) is 5.05. The summed E-state index contributed by atoms with van der Waals surface area (Å²) < 4.78 is 0. The van der Waals surface area contributed by atoms with Crippen LogP contribution in [0.5, 0.6) is 0 Å². The van der Waals surface area contributed by atoms with Gasteiger partial charge in [-0.05, 0) is 12.5 Å². The molecule has 0 aliphatic heterocycles. The molecule has 0 aliphatic rings. The van der Waals surface area contributed by atoms with Crippen molar-refractivity contribution < 1.29 is 0 Å². The highest BCUT2D eigenvalue weighted by Crippen LogP contribution is 2.12. The maximum atomic E-state index is 4.24. The zero-order valence-corrected chi connectivity index (χ0v) is 9.50. The average molecular weight is 218 g/mol. The molecule has 1 aromatic carbocycles. The maximum Gasteiger partial charge on any atom is 0.0795 e. The van der Waals surface area contributed by atoms with E-state index in [1.807, 2.05) is 11.6 Å². The molecule has 0 saturated carbocycles. The van der Waals surface area contributed by atoms with E-state index in [1.165, 1.54) is 5.56 Å². The minimum absolute atomic E-state index is 0.368. The third-order valence-corrected chi connectivity index (χ3v) is 3.01. The quantitative estimate of drug-likeness (QED) is 0.853. The van der Waals surface area contributed by atoms with Gasteiger partial charge in [-0.2, -0.15) is 0 Å². The van der Waals surface area contributed by atoms with Crippen LogP contribution >= 0.6 is 11.3 Å². The molecule has 0 saturated heterocycles. The third-order valence-electron chi connectivity index (χ3n) is 2.37. The van der Waals surface area contributed by atoms with Crippen molar-refractivity contribution in [1.29, 1.82) is 0 Å². The van der Waals surface area contributed by atoms with E-state index in [0.717, 1.165) is 12.2 Å². The SMILES string of the molecule is CC(NCc1cscn1)c1ccccc1. The van der Waals surface area contributed by atoms with Crippen LogP contribution in [0.4, 0.5) is 0 Å². The van der Waals surface area contributed by atoms with Gasteiger partial charge in [0.2, 0.25) is 0 Å². The molecule has 0 fully saturated rings. The fraction of sp³-hybridized carbons (Fsp3) is 0.250. The number of hydrogen-bond donors (Lipinski definition) is 1. The summed E-state index contributed by atoms with van der Waals surface area (Å²) in [6.07, 6.45) is 0. The normalized spacial score (nSPS) is 12.6. The number of thiazole rings is 1. The van der Waals surface area contributed by atoms with Crippen molar-refractivity contribution in [2.75, 3.05) is 0 Å². The topological polar surface area (TPSA) is 24.9 Å². The van der Waals surface area contributed by atoms with Gasteiger partial charge in [0.05, 0.1) is 11.2 Å². The summed E-state index contributed by atoms with van der Waals surface area (Å²) >= 11 is 1.64. The highest BCUT2D eigenvalue weighted by atomic mass is 32.1. The van der Waals surface area contributed by atoms with Crippen LogP contribution in [0.3, 0.4) is 0 Å². The Morgan fingerprint density at radius 2 is 2.13 bits per heavy atom. The molecule has 1 unspecified atom stereocenters. The van der Waals surface area contributed by atoms with Gasteiger partial charge >= 0.3 is 0 Å². The summed E-state index contributed by atoms with van der Waals surface area (Å²) in [5, 5.41) is 5.52. The molecule has 2 aromatic rings. The number of nitrogens with zero attached hydrogens (tertiary/aromatic N) is 1. The first-order valence-electron chi connectivity index (χ1n) is 5.01. The van der Waals surface area contributed by atoms with Gasteiger partial charge in [-0.15, -0.1) is 11.3 Å². The van der Waals surface area contributed by atoms with Gasteiger partial charge in [0.15, 0.2) is 0 Å². The molecular formula is C12H14N2S. The van der Waals surface area contributed by atoms with Crippen molar-refractivity contribution in [2.24, 2.45) is 0 Å². The van der Waals surface area contributed by atoms with Crippen molar-refractivity contribution in [3.05, 3.63) is 52.5 Å². The Bertz CT molecular complexity index is 383. The van der Waals surface area contributed by atoms with Gasteiger partial charge in [-0.25, -0.2) is 4.98 Å². The van der Waals surface area contributed by atoms with Crippen LogP contribution in [-0.4, -0.2) is 4.98 Å². The third kappa shape index (κ3) is 2.88. The molecule has 78 valence electrons. The zero-order chi connectivity index (χ0) is 10.5. The number of rotatable bonds is 4. The Hall–Kier alpha value is -1.19. The van der Waals surface area contributed by atoms with E-state index < -0.39 is 0 Å². The van der Waals surface area contributed by atoms with Crippen LogP contribution in [0.1, 0.15) is 24.2 Å². The largest absolute Gasteiger partial charge is 0.305 e. The molecule has 1 N–H and O–H groups in total. The fourth-order valence-corrected chi connectivity index (χ4v) is 2.00. The second-order valence-electron chi connectivity index (χ2n) is 3.49. The van der Waals surface area contributed by atoms with E-state index in [4.69, 9.17) is 0 Å². The van der Waals surface area contributed by atoms with Crippen LogP contribution in [0.2, 0.25) is 0 Å². The first kappa shape index (κ1) is 10.3. The molecule has 0 spiro atoms. The summed E-state index contributed by atoms with van der Waals surface area (Å²) in [5.74, 6) is 0. The first-order chi connectivity index (χ1) is 7.36. The predicted octanol–water partition coefficient (Wildman–Crippen LogP) is 2.99. The zero-order valence-electron chi connectivity index (χ0n) is 8.68. The molecule has 0 aliphatic carbocycles. The monoisotopic (exact) mass is 218 g/mol. The van der Waals surface area contributed by atoms with Crippen molar-refractivity contribution in [3.63, 3.8) is 0 Å². The van der Waals surface area contributed by atoms with Gasteiger partial charge < -0.3 is 5.32 Å². The summed E-state index contributed by atoms with van der Waals surface area (Å²) in [6.45, 7) is 3.00. The smallest absolute Gasteiger partial charge is 0.0795 e. The first-order valence-corrected chi connectivity index (χ1v) is 5.96. The minimum atomic E-state index is 0.368. The molecule has 1 atom stereocenters. The summed E-state index contributed by atoms with van der Waals surface area (Å²) in [5.41, 5.74) is 4.29. The summed E-state index contributed by atoms with van der Waals surface area (Å²) in [6, 6.07) is 10.8. The summed E-state index contributed by atoms with van der Waals surface area (Å²) in [4.78, 5) is 4.24. The van der Waals surface area contributed by atoms with Crippen LogP contribution in [0, 0.1) is 0 Å². The molecule has 0 bridgehead atoms. The van der Waals surface area contributed by atoms with Gasteiger partial charge in [0.1, 0.15) is 0 Å². The molecule has 0 amide bonds. The molecule has 2 rings (SSSR count). The lowest BCUT2D eigenvalue weighted by Crippen LogP contribution is -2.18. The molecule has 2 nitrogen and oxygen atoms in total. The number of hydrogen-bond acceptors (Lipinski definition) is 3. The van der Waals surface area contributed by atoms with Crippen molar-refractivity contribution in [3.8, 4) is 0 Å². The number of benzene rings is 1. The molecular weight excluding hydrogens is 204 g/mol. The van der Waals surface area contributed by atoms with E-state index in [0.29, 0.717) is 6.04 Å². The highest BCUT2D eigenvalue weighted by molar-refractivity contribution is 7.07. The van der Waals surface area contributed by atoms with E-state index in [-0.39, 0.29) is 0 Å². The lowest BCUT2D eigenvalue weighted by Gasteiger charge is -2.12. The van der Waals surface area contributed by atoms with E-state index in [1.54, 1.807) is 11.3 Å². The fourth-order valence-electron chi connectivity index (χ4n) is 1.44. The van der Waals surface area contributed by atoms with Crippen LogP contribution in [-0.2, 0) is 6.54 Å². The predicted molar refractivity (Wildman–Crippen MR) is 63.8 cm³/mol. The Balaban J connectivity index is 1.90. The van der Waals surface area contributed by atoms with Crippen molar-refractivity contribution in [2.45, 2.75) is 19.5 Å². The Kier molecular flexibility index (Phi) is 3.48. The molecule has 15 heavy (non-hydrogen) atoms. The van der Waals surface area contributed by atoms with E-state index in [2.05, 4.69) is 46.9 Å². The minimum Gasteiger partial charge on any atom is -0.305 e. The maximum absolute atomic E-state index is 4.24. The van der Waals surface area contributed by atoms with E-state index in [9.17, 15) is 0 Å². The van der Waals surface area contributed by atoms with Crippen LogP contribution in [0.25, 0.3) is 0 Å². The number of nitrogens with one attached hydrogen (secondary N) is 1. The van der Waals surface area contributed by atoms with Crippen molar-refractivity contribution in [1.82, 2.24) is 10.3 Å². The Morgan fingerprint density at radius 3 is 2.80 bits per heavy atom.